The van der Waals surface area contributed by atoms with Crippen LogP contribution in [0, 0.1) is 0 Å². The predicted molar refractivity (Wildman–Crippen MR) is 105 cm³/mol. The summed E-state index contributed by atoms with van der Waals surface area (Å²) < 4.78 is 11.4. The number of benzene rings is 2. The molecule has 26 heavy (non-hydrogen) atoms. The lowest BCUT2D eigenvalue weighted by Gasteiger charge is -2.38. The molecular weight excluding hydrogens is 371 g/mol. The molecule has 4 rings (SSSR count). The molecule has 0 bridgehead atoms. The smallest absolute Gasteiger partial charge is 0.187 e. The maximum absolute atomic E-state index is 6.41. The Morgan fingerprint density at radius 1 is 1.23 bits per heavy atom. The molecule has 0 radical (unpaired) electrons. The molecular formula is C20H20Cl2N2O2. The number of hydrazone groups is 1. The van der Waals surface area contributed by atoms with Gasteiger partial charge in [-0.05, 0) is 42.0 Å². The summed E-state index contributed by atoms with van der Waals surface area (Å²) in [6.07, 6.45) is 2.56. The maximum atomic E-state index is 6.41. The van der Waals surface area contributed by atoms with Gasteiger partial charge in [-0.15, -0.1) is 0 Å². The average molecular weight is 391 g/mol. The molecule has 0 amide bonds. The SMILES string of the molecule is CCC[C@H]1Oc2c(Cl)cc(Cl)cc2[C@@H]2CC(c3ccc(OC)cc3)=NN12. The molecule has 0 N–H and O–H groups in total. The first-order chi connectivity index (χ1) is 12.6. The van der Waals surface area contributed by atoms with E-state index < -0.39 is 0 Å². The number of rotatable bonds is 4. The van der Waals surface area contributed by atoms with E-state index in [1.165, 1.54) is 0 Å². The van der Waals surface area contributed by atoms with Gasteiger partial charge in [0.1, 0.15) is 11.5 Å². The van der Waals surface area contributed by atoms with Crippen molar-refractivity contribution in [1.29, 1.82) is 0 Å². The maximum Gasteiger partial charge on any atom is 0.187 e. The second kappa shape index (κ2) is 7.01. The number of nitrogens with zero attached hydrogens (tertiary/aromatic N) is 2. The molecule has 0 saturated carbocycles. The lowest BCUT2D eigenvalue weighted by Crippen LogP contribution is -2.40. The highest BCUT2D eigenvalue weighted by Gasteiger charge is 2.40. The molecule has 4 nitrogen and oxygen atoms in total. The third-order valence-corrected chi connectivity index (χ3v) is 5.35. The van der Waals surface area contributed by atoms with Gasteiger partial charge >= 0.3 is 0 Å². The van der Waals surface area contributed by atoms with Crippen molar-refractivity contribution in [3.05, 3.63) is 57.6 Å². The first-order valence-corrected chi connectivity index (χ1v) is 9.52. The number of hydrogen-bond acceptors (Lipinski definition) is 4. The zero-order valence-corrected chi connectivity index (χ0v) is 16.2. The zero-order chi connectivity index (χ0) is 18.3. The Hall–Kier alpha value is -1.91. The molecule has 136 valence electrons. The molecule has 0 fully saturated rings. The second-order valence-electron chi connectivity index (χ2n) is 6.54. The van der Waals surface area contributed by atoms with Gasteiger partial charge in [0.05, 0.1) is 23.9 Å². The summed E-state index contributed by atoms with van der Waals surface area (Å²) in [6.45, 7) is 2.14. The van der Waals surface area contributed by atoms with Crippen LogP contribution in [-0.4, -0.2) is 24.1 Å². The quantitative estimate of drug-likeness (QED) is 0.673. The van der Waals surface area contributed by atoms with Gasteiger partial charge in [0.25, 0.3) is 0 Å². The van der Waals surface area contributed by atoms with E-state index in [-0.39, 0.29) is 12.3 Å². The summed E-state index contributed by atoms with van der Waals surface area (Å²) in [5, 5.41) is 8.14. The van der Waals surface area contributed by atoms with Gasteiger partial charge in [-0.2, -0.15) is 5.10 Å². The highest BCUT2D eigenvalue weighted by molar-refractivity contribution is 6.35. The Morgan fingerprint density at radius 3 is 2.69 bits per heavy atom. The van der Waals surface area contributed by atoms with Crippen molar-refractivity contribution in [2.24, 2.45) is 5.10 Å². The average Bonchev–Trinajstić information content (AvgIpc) is 3.09. The van der Waals surface area contributed by atoms with Gasteiger partial charge in [0.15, 0.2) is 6.23 Å². The molecule has 2 aliphatic heterocycles. The van der Waals surface area contributed by atoms with Gasteiger partial charge < -0.3 is 9.47 Å². The molecule has 0 spiro atoms. The van der Waals surface area contributed by atoms with Crippen LogP contribution in [0.5, 0.6) is 11.5 Å². The number of ether oxygens (including phenoxy) is 2. The minimum atomic E-state index is -0.119. The van der Waals surface area contributed by atoms with E-state index in [1.807, 2.05) is 30.3 Å². The minimum absolute atomic E-state index is 0.0867. The molecule has 6 heteroatoms. The van der Waals surface area contributed by atoms with Crippen molar-refractivity contribution >= 4 is 28.9 Å². The number of hydrogen-bond donors (Lipinski definition) is 0. The highest BCUT2D eigenvalue weighted by atomic mass is 35.5. The Kier molecular flexibility index (Phi) is 4.72. The van der Waals surface area contributed by atoms with Crippen molar-refractivity contribution in [2.45, 2.75) is 38.5 Å². The molecule has 0 aliphatic carbocycles. The molecule has 0 saturated heterocycles. The van der Waals surface area contributed by atoms with E-state index in [0.717, 1.165) is 47.6 Å². The molecule has 0 unspecified atom stereocenters. The third kappa shape index (κ3) is 3.01. The number of halogens is 2. The summed E-state index contributed by atoms with van der Waals surface area (Å²) in [6, 6.07) is 11.8. The monoisotopic (exact) mass is 390 g/mol. The summed E-state index contributed by atoms with van der Waals surface area (Å²) in [5.74, 6) is 1.57. The van der Waals surface area contributed by atoms with Gasteiger partial charge in [-0.1, -0.05) is 36.5 Å². The fourth-order valence-corrected chi connectivity index (χ4v) is 4.14. The Morgan fingerprint density at radius 2 is 2.00 bits per heavy atom. The van der Waals surface area contributed by atoms with Crippen LogP contribution >= 0.6 is 23.2 Å². The van der Waals surface area contributed by atoms with Crippen molar-refractivity contribution in [1.82, 2.24) is 5.01 Å². The van der Waals surface area contributed by atoms with Crippen LogP contribution in [0.25, 0.3) is 0 Å². The van der Waals surface area contributed by atoms with Crippen LogP contribution in [0.15, 0.2) is 41.5 Å². The summed E-state index contributed by atoms with van der Waals surface area (Å²) in [4.78, 5) is 0. The number of fused-ring (bicyclic) bond motifs is 3. The van der Waals surface area contributed by atoms with E-state index >= 15 is 0 Å². The first-order valence-electron chi connectivity index (χ1n) is 8.76. The van der Waals surface area contributed by atoms with E-state index in [0.29, 0.717) is 10.0 Å². The predicted octanol–water partition coefficient (Wildman–Crippen LogP) is 5.67. The van der Waals surface area contributed by atoms with Gasteiger partial charge in [-0.3, -0.25) is 5.01 Å². The van der Waals surface area contributed by atoms with Gasteiger partial charge in [0, 0.05) is 23.4 Å². The Bertz CT molecular complexity index is 852. The fraction of sp³-hybridized carbons (Fsp3) is 0.350. The number of methoxy groups -OCH3 is 1. The second-order valence-corrected chi connectivity index (χ2v) is 7.39. The first kappa shape index (κ1) is 17.5. The lowest BCUT2D eigenvalue weighted by atomic mass is 9.96. The van der Waals surface area contributed by atoms with Crippen LogP contribution in [0.2, 0.25) is 10.0 Å². The van der Waals surface area contributed by atoms with Crippen molar-refractivity contribution in [3.63, 3.8) is 0 Å². The van der Waals surface area contributed by atoms with Gasteiger partial charge in [-0.25, -0.2) is 0 Å². The minimum Gasteiger partial charge on any atom is -0.497 e. The summed E-state index contributed by atoms with van der Waals surface area (Å²) >= 11 is 12.7. The van der Waals surface area contributed by atoms with Crippen molar-refractivity contribution < 1.29 is 9.47 Å². The molecule has 2 aromatic rings. The van der Waals surface area contributed by atoms with Crippen LogP contribution in [0.3, 0.4) is 0 Å². The zero-order valence-electron chi connectivity index (χ0n) is 14.7. The van der Waals surface area contributed by atoms with Crippen molar-refractivity contribution in [2.75, 3.05) is 7.11 Å². The van der Waals surface area contributed by atoms with E-state index in [4.69, 9.17) is 37.8 Å². The highest BCUT2D eigenvalue weighted by Crippen LogP contribution is 2.47. The fourth-order valence-electron chi connectivity index (χ4n) is 3.58. The van der Waals surface area contributed by atoms with Crippen molar-refractivity contribution in [3.8, 4) is 11.5 Å². The van der Waals surface area contributed by atoms with Crippen LogP contribution in [0.4, 0.5) is 0 Å². The standard InChI is InChI=1S/C20H20Cl2N2O2/c1-3-4-19-24-18(15-9-13(21)10-16(22)20(15)26-19)11-17(23-24)12-5-7-14(25-2)8-6-12/h5-10,18-19H,3-4,11H2,1-2H3/t18-,19+/m0/s1. The molecule has 0 aromatic heterocycles. The topological polar surface area (TPSA) is 34.1 Å². The molecule has 2 atom stereocenters. The lowest BCUT2D eigenvalue weighted by molar-refractivity contribution is -0.0222. The van der Waals surface area contributed by atoms with Crippen LogP contribution in [0.1, 0.15) is 43.4 Å². The largest absolute Gasteiger partial charge is 0.497 e. The molecule has 2 heterocycles. The molecule has 2 aliphatic rings. The molecule has 2 aromatic carbocycles. The third-order valence-electron chi connectivity index (χ3n) is 4.85. The summed E-state index contributed by atoms with van der Waals surface area (Å²) in [7, 11) is 1.67. The Labute approximate surface area is 163 Å². The summed E-state index contributed by atoms with van der Waals surface area (Å²) in [5.41, 5.74) is 3.12. The normalized spacial score (nSPS) is 20.9. The van der Waals surface area contributed by atoms with E-state index in [1.54, 1.807) is 13.2 Å². The Balaban J connectivity index is 1.72. The van der Waals surface area contributed by atoms with Crippen LogP contribution in [-0.2, 0) is 0 Å². The van der Waals surface area contributed by atoms with E-state index in [2.05, 4.69) is 11.9 Å². The van der Waals surface area contributed by atoms with E-state index in [9.17, 15) is 0 Å². The van der Waals surface area contributed by atoms with Gasteiger partial charge in [0.2, 0.25) is 0 Å². The van der Waals surface area contributed by atoms with Crippen LogP contribution < -0.4 is 9.47 Å².